The Kier molecular flexibility index (Phi) is 9.14. The summed E-state index contributed by atoms with van der Waals surface area (Å²) in [6.07, 6.45) is -2.82. The smallest absolute Gasteiger partial charge is 0.422 e. The van der Waals surface area contributed by atoms with E-state index in [9.17, 15) is 22.8 Å². The largest absolute Gasteiger partial charge is 0.443 e. The molecule has 0 spiro atoms. The Bertz CT molecular complexity index is 405. The third-order valence-corrected chi connectivity index (χ3v) is 3.06. The second-order valence-electron chi connectivity index (χ2n) is 6.72. The first-order chi connectivity index (χ1) is 10.9. The molecule has 0 aromatic rings. The lowest BCUT2D eigenvalue weighted by Gasteiger charge is -2.29. The van der Waals surface area contributed by atoms with Gasteiger partial charge in [-0.25, -0.2) is 14.5 Å². The summed E-state index contributed by atoms with van der Waals surface area (Å²) in [5, 5.41) is 0. The van der Waals surface area contributed by atoms with Gasteiger partial charge in [0.2, 0.25) is 0 Å². The lowest BCUT2D eigenvalue weighted by Crippen LogP contribution is -2.46. The van der Waals surface area contributed by atoms with Gasteiger partial charge in [0.05, 0.1) is 0 Å². The summed E-state index contributed by atoms with van der Waals surface area (Å²) < 4.78 is 46.0. The molecule has 0 N–H and O–H groups in total. The quantitative estimate of drug-likeness (QED) is 0.583. The molecule has 0 saturated heterocycles. The van der Waals surface area contributed by atoms with Crippen molar-refractivity contribution >= 4 is 12.2 Å². The predicted molar refractivity (Wildman–Crippen MR) is 83.7 cm³/mol. The number of imide groups is 1. The summed E-state index contributed by atoms with van der Waals surface area (Å²) in [6, 6.07) is -0.613. The van der Waals surface area contributed by atoms with Crippen LogP contribution in [0, 0.1) is 0 Å². The minimum atomic E-state index is -4.65. The molecule has 0 aliphatic heterocycles. The van der Waals surface area contributed by atoms with Gasteiger partial charge in [-0.2, -0.15) is 13.2 Å². The Hall–Kier alpha value is -1.47. The zero-order valence-corrected chi connectivity index (χ0v) is 15.0. The molecule has 0 radical (unpaired) electrons. The van der Waals surface area contributed by atoms with E-state index in [4.69, 9.17) is 4.74 Å². The van der Waals surface area contributed by atoms with E-state index in [1.165, 1.54) is 0 Å². The molecule has 8 heteroatoms. The maximum atomic E-state index is 12.2. The molecule has 142 valence electrons. The van der Waals surface area contributed by atoms with E-state index in [0.717, 1.165) is 25.7 Å². The molecule has 0 heterocycles. The molecule has 0 aromatic heterocycles. The van der Waals surface area contributed by atoms with E-state index in [1.54, 1.807) is 27.7 Å². The molecule has 0 fully saturated rings. The average molecular weight is 355 g/mol. The van der Waals surface area contributed by atoms with E-state index in [0.29, 0.717) is 11.3 Å². The van der Waals surface area contributed by atoms with Crippen molar-refractivity contribution in [2.24, 2.45) is 0 Å². The van der Waals surface area contributed by atoms with Gasteiger partial charge in [-0.1, -0.05) is 32.6 Å². The summed E-state index contributed by atoms with van der Waals surface area (Å²) in [4.78, 5) is 24.8. The van der Waals surface area contributed by atoms with Crippen molar-refractivity contribution in [2.45, 2.75) is 84.5 Å². The number of hydrogen-bond acceptors (Lipinski definition) is 4. The highest BCUT2D eigenvalue weighted by atomic mass is 19.4. The van der Waals surface area contributed by atoms with Crippen LogP contribution in [-0.4, -0.2) is 41.5 Å². The summed E-state index contributed by atoms with van der Waals surface area (Å²) >= 11 is 0. The summed E-state index contributed by atoms with van der Waals surface area (Å²) in [7, 11) is 0. The Morgan fingerprint density at radius 1 is 1.04 bits per heavy atom. The number of unbranched alkanes of at least 4 members (excludes halogenated alkanes) is 3. The zero-order valence-electron chi connectivity index (χ0n) is 15.0. The van der Waals surface area contributed by atoms with Crippen LogP contribution in [0.3, 0.4) is 0 Å². The maximum absolute atomic E-state index is 12.2. The van der Waals surface area contributed by atoms with Crippen molar-refractivity contribution in [1.82, 2.24) is 4.90 Å². The highest BCUT2D eigenvalue weighted by Crippen LogP contribution is 2.19. The Morgan fingerprint density at radius 2 is 1.62 bits per heavy atom. The molecular formula is C16H28F3NO4. The molecule has 0 aliphatic carbocycles. The van der Waals surface area contributed by atoms with E-state index < -0.39 is 36.6 Å². The van der Waals surface area contributed by atoms with Crippen LogP contribution in [0.4, 0.5) is 22.8 Å². The van der Waals surface area contributed by atoms with Gasteiger partial charge in [0.25, 0.3) is 0 Å². The lowest BCUT2D eigenvalue weighted by molar-refractivity contribution is -0.162. The SMILES string of the molecule is CCCCCCC(C)N(C(=O)OCC(F)(F)F)C(=O)OC(C)(C)C. The topological polar surface area (TPSA) is 55.8 Å². The van der Waals surface area contributed by atoms with Crippen LogP contribution in [0.1, 0.15) is 66.7 Å². The van der Waals surface area contributed by atoms with Crippen LogP contribution < -0.4 is 0 Å². The molecule has 1 atom stereocenters. The van der Waals surface area contributed by atoms with E-state index in [-0.39, 0.29) is 0 Å². The first-order valence-corrected chi connectivity index (χ1v) is 8.13. The molecule has 5 nitrogen and oxygen atoms in total. The molecule has 0 bridgehead atoms. The number of hydrogen-bond donors (Lipinski definition) is 0. The van der Waals surface area contributed by atoms with Crippen molar-refractivity contribution in [1.29, 1.82) is 0 Å². The third kappa shape index (κ3) is 10.3. The molecule has 24 heavy (non-hydrogen) atoms. The van der Waals surface area contributed by atoms with Gasteiger partial charge in [-0.15, -0.1) is 0 Å². The fraction of sp³-hybridized carbons (Fsp3) is 0.875. The second kappa shape index (κ2) is 9.74. The first kappa shape index (κ1) is 22.5. The van der Waals surface area contributed by atoms with Crippen molar-refractivity contribution in [3.05, 3.63) is 0 Å². The molecule has 0 rings (SSSR count). The van der Waals surface area contributed by atoms with Crippen LogP contribution in [0.5, 0.6) is 0 Å². The Labute approximate surface area is 141 Å². The van der Waals surface area contributed by atoms with Crippen molar-refractivity contribution < 1.29 is 32.2 Å². The summed E-state index contributed by atoms with van der Waals surface area (Å²) in [5.41, 5.74) is -0.873. The monoisotopic (exact) mass is 355 g/mol. The summed E-state index contributed by atoms with van der Waals surface area (Å²) in [5.74, 6) is 0. The van der Waals surface area contributed by atoms with E-state index >= 15 is 0 Å². The van der Waals surface area contributed by atoms with E-state index in [2.05, 4.69) is 4.74 Å². The minimum Gasteiger partial charge on any atom is -0.443 e. The van der Waals surface area contributed by atoms with Crippen LogP contribution in [0.2, 0.25) is 0 Å². The van der Waals surface area contributed by atoms with Crippen LogP contribution in [-0.2, 0) is 9.47 Å². The van der Waals surface area contributed by atoms with Crippen molar-refractivity contribution in [2.75, 3.05) is 6.61 Å². The number of carbonyl (C=O) groups is 2. The fourth-order valence-corrected chi connectivity index (χ4v) is 1.95. The highest BCUT2D eigenvalue weighted by molar-refractivity contribution is 5.88. The third-order valence-electron chi connectivity index (χ3n) is 3.06. The van der Waals surface area contributed by atoms with Gasteiger partial charge in [0.15, 0.2) is 6.61 Å². The molecule has 0 saturated carbocycles. The molecule has 0 aliphatic rings. The van der Waals surface area contributed by atoms with Crippen LogP contribution >= 0.6 is 0 Å². The number of halogens is 3. The van der Waals surface area contributed by atoms with Gasteiger partial charge in [0.1, 0.15) is 5.60 Å². The highest BCUT2D eigenvalue weighted by Gasteiger charge is 2.36. The molecule has 2 amide bonds. The minimum absolute atomic E-state index is 0.473. The number of ether oxygens (including phenoxy) is 2. The van der Waals surface area contributed by atoms with Crippen molar-refractivity contribution in [3.63, 3.8) is 0 Å². The van der Waals surface area contributed by atoms with Crippen LogP contribution in [0.15, 0.2) is 0 Å². The number of amides is 2. The zero-order chi connectivity index (χ0) is 19.0. The van der Waals surface area contributed by atoms with Gasteiger partial charge in [-0.3, -0.25) is 0 Å². The standard InChI is InChI=1S/C16H28F3NO4/c1-6-7-8-9-10-12(2)20(14(22)24-15(3,4)5)13(21)23-11-16(17,18)19/h12H,6-11H2,1-5H3. The summed E-state index contributed by atoms with van der Waals surface area (Å²) in [6.45, 7) is 6.71. The molecule has 1 unspecified atom stereocenters. The normalized spacial score (nSPS) is 13.3. The predicted octanol–water partition coefficient (Wildman–Crippen LogP) is 5.28. The number of alkyl halides is 3. The van der Waals surface area contributed by atoms with E-state index in [1.807, 2.05) is 6.92 Å². The van der Waals surface area contributed by atoms with Crippen LogP contribution in [0.25, 0.3) is 0 Å². The number of carbonyl (C=O) groups excluding carboxylic acids is 2. The lowest BCUT2D eigenvalue weighted by atomic mass is 10.1. The second-order valence-corrected chi connectivity index (χ2v) is 6.72. The molecule has 0 aromatic carbocycles. The average Bonchev–Trinajstić information content (AvgIpc) is 2.39. The maximum Gasteiger partial charge on any atom is 0.422 e. The van der Waals surface area contributed by atoms with Crippen molar-refractivity contribution in [3.8, 4) is 0 Å². The Balaban J connectivity index is 4.93. The van der Waals surface area contributed by atoms with Gasteiger partial charge in [0, 0.05) is 6.04 Å². The number of rotatable bonds is 7. The number of nitrogens with zero attached hydrogens (tertiary/aromatic N) is 1. The fourth-order valence-electron chi connectivity index (χ4n) is 1.95. The van der Waals surface area contributed by atoms with Gasteiger partial charge in [-0.05, 0) is 34.1 Å². The first-order valence-electron chi connectivity index (χ1n) is 8.13. The molecular weight excluding hydrogens is 327 g/mol. The Morgan fingerprint density at radius 3 is 2.08 bits per heavy atom. The van der Waals surface area contributed by atoms with Gasteiger partial charge < -0.3 is 9.47 Å². The van der Waals surface area contributed by atoms with Gasteiger partial charge >= 0.3 is 18.4 Å².